The van der Waals surface area contributed by atoms with Crippen LogP contribution in [0.2, 0.25) is 0 Å². The molecule has 0 radical (unpaired) electrons. The molecule has 0 amide bonds. The number of hydrogen-bond donors (Lipinski definition) is 3. The molecule has 0 aliphatic heterocycles. The molecule has 0 spiro atoms. The molecular weight excluding hydrogens is 447 g/mol. The molecule has 168 valence electrons. The average Bonchev–Trinajstić information content (AvgIpc) is 3.30. The van der Waals surface area contributed by atoms with Crippen molar-refractivity contribution in [2.24, 2.45) is 0 Å². The summed E-state index contributed by atoms with van der Waals surface area (Å²) in [7, 11) is -4.37. The van der Waals surface area contributed by atoms with Gasteiger partial charge in [-0.1, -0.05) is 12.1 Å². The van der Waals surface area contributed by atoms with Crippen LogP contribution in [0.5, 0.6) is 0 Å². The van der Waals surface area contributed by atoms with Gasteiger partial charge in [-0.2, -0.15) is 18.3 Å². The van der Waals surface area contributed by atoms with Gasteiger partial charge in [-0.05, 0) is 26.0 Å². The van der Waals surface area contributed by atoms with Crippen LogP contribution in [0.3, 0.4) is 0 Å². The standard InChI is InChI=1S/C19H18F3N7O2S/c1-11-6-16(28-27-11)26-18-25-15(8-17-24-12(2)9-29(17)18)13-4-3-5-14(7-13)32(30,31)23-10-19(20,21)22/h3-9,23H,10H2,1-2H3,(H2,25,26,27,28). The van der Waals surface area contributed by atoms with Gasteiger partial charge >= 0.3 is 6.18 Å². The van der Waals surface area contributed by atoms with E-state index in [-0.39, 0.29) is 4.90 Å². The van der Waals surface area contributed by atoms with Gasteiger partial charge in [0.05, 0.1) is 16.3 Å². The maximum atomic E-state index is 12.5. The smallest absolute Gasteiger partial charge is 0.308 e. The molecule has 13 heteroatoms. The normalized spacial score (nSPS) is 12.4. The number of aromatic nitrogens is 5. The van der Waals surface area contributed by atoms with E-state index in [1.807, 2.05) is 13.8 Å². The van der Waals surface area contributed by atoms with E-state index in [1.165, 1.54) is 18.2 Å². The number of aromatic amines is 1. The highest BCUT2D eigenvalue weighted by atomic mass is 32.2. The summed E-state index contributed by atoms with van der Waals surface area (Å²) in [5.74, 6) is 0.903. The summed E-state index contributed by atoms with van der Waals surface area (Å²) in [5, 5.41) is 10.0. The summed E-state index contributed by atoms with van der Waals surface area (Å²) >= 11 is 0. The van der Waals surface area contributed by atoms with E-state index in [4.69, 9.17) is 0 Å². The molecule has 0 saturated heterocycles. The van der Waals surface area contributed by atoms with E-state index in [0.717, 1.165) is 11.4 Å². The van der Waals surface area contributed by atoms with Crippen molar-refractivity contribution < 1.29 is 21.6 Å². The zero-order valence-electron chi connectivity index (χ0n) is 16.9. The number of anilines is 2. The lowest BCUT2D eigenvalue weighted by Crippen LogP contribution is -2.33. The van der Waals surface area contributed by atoms with Crippen LogP contribution in [-0.2, 0) is 10.0 Å². The lowest BCUT2D eigenvalue weighted by Gasteiger charge is -2.11. The second-order valence-electron chi connectivity index (χ2n) is 7.10. The Morgan fingerprint density at radius 2 is 1.91 bits per heavy atom. The van der Waals surface area contributed by atoms with Crippen molar-refractivity contribution in [3.63, 3.8) is 0 Å². The van der Waals surface area contributed by atoms with Crippen LogP contribution in [0.25, 0.3) is 16.9 Å². The number of sulfonamides is 1. The number of rotatable bonds is 6. The average molecular weight is 465 g/mol. The molecule has 0 bridgehead atoms. The van der Waals surface area contributed by atoms with Crippen LogP contribution in [0.1, 0.15) is 11.4 Å². The van der Waals surface area contributed by atoms with Gasteiger partial charge in [0.2, 0.25) is 16.0 Å². The summed E-state index contributed by atoms with van der Waals surface area (Å²) in [6.45, 7) is 2.00. The van der Waals surface area contributed by atoms with Crippen LogP contribution < -0.4 is 10.0 Å². The van der Waals surface area contributed by atoms with Gasteiger partial charge in [0.15, 0.2) is 5.82 Å². The fraction of sp³-hybridized carbons (Fsp3) is 0.211. The van der Waals surface area contributed by atoms with E-state index < -0.39 is 22.7 Å². The Labute approximate surface area is 180 Å². The van der Waals surface area contributed by atoms with Crippen molar-refractivity contribution in [3.8, 4) is 11.3 Å². The molecule has 0 fully saturated rings. The van der Waals surface area contributed by atoms with E-state index in [1.54, 1.807) is 33.5 Å². The van der Waals surface area contributed by atoms with Crippen molar-refractivity contribution >= 4 is 27.4 Å². The van der Waals surface area contributed by atoms with Crippen LogP contribution in [0.15, 0.2) is 47.5 Å². The Kier molecular flexibility index (Phi) is 5.38. The molecule has 9 nitrogen and oxygen atoms in total. The first-order valence-corrected chi connectivity index (χ1v) is 10.8. The number of nitrogens with one attached hydrogen (secondary N) is 3. The number of imidazole rings is 1. The quantitative estimate of drug-likeness (QED) is 0.402. The minimum Gasteiger partial charge on any atom is -0.308 e. The Bertz CT molecular complexity index is 1390. The molecule has 1 aromatic carbocycles. The zero-order valence-corrected chi connectivity index (χ0v) is 17.7. The number of hydrogen-bond acceptors (Lipinski definition) is 6. The fourth-order valence-corrected chi connectivity index (χ4v) is 4.09. The third kappa shape index (κ3) is 4.73. The van der Waals surface area contributed by atoms with E-state index in [0.29, 0.717) is 28.7 Å². The third-order valence-electron chi connectivity index (χ3n) is 4.42. The van der Waals surface area contributed by atoms with Crippen LogP contribution in [0, 0.1) is 13.8 Å². The van der Waals surface area contributed by atoms with Crippen LogP contribution >= 0.6 is 0 Å². The summed E-state index contributed by atoms with van der Waals surface area (Å²) in [6.07, 6.45) is -2.89. The Morgan fingerprint density at radius 3 is 2.59 bits per heavy atom. The third-order valence-corrected chi connectivity index (χ3v) is 5.82. The molecule has 0 atom stereocenters. The maximum Gasteiger partial charge on any atom is 0.402 e. The first-order valence-electron chi connectivity index (χ1n) is 9.33. The minimum atomic E-state index is -4.67. The molecule has 32 heavy (non-hydrogen) atoms. The number of H-pyrrole nitrogens is 1. The molecule has 0 unspecified atom stereocenters. The number of alkyl halides is 3. The molecule has 0 saturated carbocycles. The van der Waals surface area contributed by atoms with Gasteiger partial charge in [-0.3, -0.25) is 9.50 Å². The predicted octanol–water partition coefficient (Wildman–Crippen LogP) is 3.32. The van der Waals surface area contributed by atoms with Crippen LogP contribution in [-0.4, -0.2) is 45.7 Å². The molecule has 3 heterocycles. The fourth-order valence-electron chi connectivity index (χ4n) is 3.03. The van der Waals surface area contributed by atoms with Crippen molar-refractivity contribution in [1.29, 1.82) is 0 Å². The van der Waals surface area contributed by atoms with Gasteiger partial charge in [0.25, 0.3) is 0 Å². The first kappa shape index (κ1) is 21.8. The largest absolute Gasteiger partial charge is 0.402 e. The monoisotopic (exact) mass is 465 g/mol. The number of fused-ring (bicyclic) bond motifs is 1. The summed E-state index contributed by atoms with van der Waals surface area (Å²) in [5.41, 5.74) is 2.89. The molecule has 3 N–H and O–H groups in total. The zero-order chi connectivity index (χ0) is 23.1. The molecule has 4 rings (SSSR count). The topological polar surface area (TPSA) is 117 Å². The van der Waals surface area contributed by atoms with Crippen molar-refractivity contribution in [1.82, 2.24) is 29.3 Å². The van der Waals surface area contributed by atoms with E-state index >= 15 is 0 Å². The van der Waals surface area contributed by atoms with Gasteiger partial charge in [0, 0.05) is 29.6 Å². The lowest BCUT2D eigenvalue weighted by atomic mass is 10.1. The van der Waals surface area contributed by atoms with Gasteiger partial charge < -0.3 is 5.32 Å². The predicted molar refractivity (Wildman–Crippen MR) is 111 cm³/mol. The second-order valence-corrected chi connectivity index (χ2v) is 8.87. The van der Waals surface area contributed by atoms with Crippen molar-refractivity contribution in [2.45, 2.75) is 24.9 Å². The summed E-state index contributed by atoms with van der Waals surface area (Å²) in [6, 6.07) is 8.96. The van der Waals surface area contributed by atoms with Gasteiger partial charge in [0.1, 0.15) is 12.2 Å². The van der Waals surface area contributed by atoms with Gasteiger partial charge in [-0.25, -0.2) is 23.1 Å². The Hall–Kier alpha value is -3.45. The Morgan fingerprint density at radius 1 is 1.12 bits per heavy atom. The number of benzene rings is 1. The number of halogens is 3. The number of nitrogens with zero attached hydrogens (tertiary/aromatic N) is 4. The second kappa shape index (κ2) is 7.91. The SMILES string of the molecule is Cc1cn2c(Nc3cc(C)[nH]n3)nc(-c3cccc(S(=O)(=O)NCC(F)(F)F)c3)cc2n1. The molecule has 4 aromatic rings. The minimum absolute atomic E-state index is 0.308. The maximum absolute atomic E-state index is 12.5. The molecular formula is C19H18F3N7O2S. The van der Waals surface area contributed by atoms with E-state index in [2.05, 4.69) is 25.5 Å². The highest BCUT2D eigenvalue weighted by Crippen LogP contribution is 2.26. The highest BCUT2D eigenvalue weighted by Gasteiger charge is 2.30. The van der Waals surface area contributed by atoms with Crippen molar-refractivity contribution in [2.75, 3.05) is 11.9 Å². The molecule has 0 aliphatic rings. The van der Waals surface area contributed by atoms with Crippen molar-refractivity contribution in [3.05, 3.63) is 54.0 Å². The molecule has 3 aromatic heterocycles. The summed E-state index contributed by atoms with van der Waals surface area (Å²) < 4.78 is 65.3. The van der Waals surface area contributed by atoms with E-state index in [9.17, 15) is 21.6 Å². The molecule has 0 aliphatic carbocycles. The summed E-state index contributed by atoms with van der Waals surface area (Å²) in [4.78, 5) is 8.69. The lowest BCUT2D eigenvalue weighted by molar-refractivity contribution is -0.121. The first-order chi connectivity index (χ1) is 15.0. The van der Waals surface area contributed by atoms with Gasteiger partial charge in [-0.15, -0.1) is 0 Å². The Balaban J connectivity index is 1.74. The van der Waals surface area contributed by atoms with Crippen LogP contribution in [0.4, 0.5) is 24.9 Å². The number of aryl methyl sites for hydroxylation is 2. The highest BCUT2D eigenvalue weighted by molar-refractivity contribution is 7.89.